The minimum atomic E-state index is 0.967. The number of aryl methyl sites for hydroxylation is 1. The first kappa shape index (κ1) is 14.2. The zero-order valence-corrected chi connectivity index (χ0v) is 13.1. The Hall–Kier alpha value is -1.73. The SMILES string of the molecule is C=C(CCC(=C)c1ccc2c(c1)CCS2)c1ccccc1. The van der Waals surface area contributed by atoms with E-state index in [1.807, 2.05) is 17.8 Å². The highest BCUT2D eigenvalue weighted by Crippen LogP contribution is 2.34. The van der Waals surface area contributed by atoms with Crippen LogP contribution in [0.2, 0.25) is 0 Å². The van der Waals surface area contributed by atoms with Gasteiger partial charge in [-0.3, -0.25) is 0 Å². The van der Waals surface area contributed by atoms with Crippen LogP contribution in [0.4, 0.5) is 0 Å². The Bertz CT molecular complexity index is 667. The van der Waals surface area contributed by atoms with Crippen molar-refractivity contribution >= 4 is 22.9 Å². The summed E-state index contributed by atoms with van der Waals surface area (Å²) >= 11 is 1.96. The van der Waals surface area contributed by atoms with Crippen molar-refractivity contribution < 1.29 is 0 Å². The molecule has 1 aliphatic rings. The summed E-state index contributed by atoms with van der Waals surface area (Å²) in [5, 5.41) is 0. The summed E-state index contributed by atoms with van der Waals surface area (Å²) in [5.74, 6) is 1.22. The van der Waals surface area contributed by atoms with E-state index in [1.54, 1.807) is 0 Å². The first-order valence-corrected chi connectivity index (χ1v) is 8.39. The lowest BCUT2D eigenvalue weighted by Crippen LogP contribution is -1.89. The maximum Gasteiger partial charge on any atom is 0.0105 e. The van der Waals surface area contributed by atoms with Crippen LogP contribution in [0.25, 0.3) is 11.1 Å². The largest absolute Gasteiger partial charge is 0.126 e. The summed E-state index contributed by atoms with van der Waals surface area (Å²) in [6, 6.07) is 17.2. The van der Waals surface area contributed by atoms with Gasteiger partial charge in [0.25, 0.3) is 0 Å². The van der Waals surface area contributed by atoms with E-state index in [0.29, 0.717) is 0 Å². The molecule has 0 unspecified atom stereocenters. The molecule has 1 heterocycles. The quantitative estimate of drug-likeness (QED) is 0.667. The molecule has 0 saturated carbocycles. The third-order valence-corrected chi connectivity index (χ3v) is 5.13. The molecule has 0 N–H and O–H groups in total. The summed E-state index contributed by atoms with van der Waals surface area (Å²) in [4.78, 5) is 1.44. The second-order valence-corrected chi connectivity index (χ2v) is 6.63. The van der Waals surface area contributed by atoms with Gasteiger partial charge >= 0.3 is 0 Å². The van der Waals surface area contributed by atoms with Crippen molar-refractivity contribution in [3.63, 3.8) is 0 Å². The predicted molar refractivity (Wildman–Crippen MR) is 94.6 cm³/mol. The van der Waals surface area contributed by atoms with Gasteiger partial charge in [-0.2, -0.15) is 0 Å². The smallest absolute Gasteiger partial charge is 0.0105 e. The van der Waals surface area contributed by atoms with E-state index in [9.17, 15) is 0 Å². The van der Waals surface area contributed by atoms with Crippen LogP contribution in [-0.4, -0.2) is 5.75 Å². The van der Waals surface area contributed by atoms with Crippen LogP contribution in [0.15, 0.2) is 66.6 Å². The van der Waals surface area contributed by atoms with Crippen molar-refractivity contribution in [3.8, 4) is 0 Å². The Balaban J connectivity index is 1.63. The van der Waals surface area contributed by atoms with Gasteiger partial charge in [0.15, 0.2) is 0 Å². The predicted octanol–water partition coefficient (Wildman–Crippen LogP) is 5.84. The molecule has 0 aliphatic carbocycles. The van der Waals surface area contributed by atoms with E-state index in [0.717, 1.165) is 12.8 Å². The van der Waals surface area contributed by atoms with Crippen LogP contribution < -0.4 is 0 Å². The Morgan fingerprint density at radius 1 is 0.905 bits per heavy atom. The Morgan fingerprint density at radius 2 is 1.62 bits per heavy atom. The molecule has 2 aromatic rings. The van der Waals surface area contributed by atoms with Gasteiger partial charge in [0.05, 0.1) is 0 Å². The fourth-order valence-corrected chi connectivity index (χ4v) is 3.72. The van der Waals surface area contributed by atoms with Crippen LogP contribution in [0.5, 0.6) is 0 Å². The topological polar surface area (TPSA) is 0 Å². The molecule has 3 rings (SSSR count). The van der Waals surface area contributed by atoms with Crippen molar-refractivity contribution in [2.45, 2.75) is 24.2 Å². The van der Waals surface area contributed by atoms with Gasteiger partial charge in [0, 0.05) is 10.6 Å². The molecule has 21 heavy (non-hydrogen) atoms. The molecule has 0 saturated heterocycles. The van der Waals surface area contributed by atoms with Gasteiger partial charge in [-0.05, 0) is 53.2 Å². The molecule has 0 spiro atoms. The molecule has 0 radical (unpaired) electrons. The average Bonchev–Trinajstić information content (AvgIpc) is 3.00. The monoisotopic (exact) mass is 292 g/mol. The van der Waals surface area contributed by atoms with Crippen molar-refractivity contribution in [1.29, 1.82) is 0 Å². The van der Waals surface area contributed by atoms with Crippen LogP contribution in [-0.2, 0) is 6.42 Å². The van der Waals surface area contributed by atoms with Gasteiger partial charge in [-0.25, -0.2) is 0 Å². The first-order chi connectivity index (χ1) is 10.2. The van der Waals surface area contributed by atoms with Gasteiger partial charge < -0.3 is 0 Å². The van der Waals surface area contributed by atoms with E-state index in [4.69, 9.17) is 0 Å². The molecule has 0 amide bonds. The van der Waals surface area contributed by atoms with Gasteiger partial charge in [-0.1, -0.05) is 55.6 Å². The lowest BCUT2D eigenvalue weighted by Gasteiger charge is -2.10. The van der Waals surface area contributed by atoms with Gasteiger partial charge in [-0.15, -0.1) is 11.8 Å². The summed E-state index contributed by atoms with van der Waals surface area (Å²) in [6.07, 6.45) is 3.13. The Labute approximate surface area is 131 Å². The third kappa shape index (κ3) is 3.30. The fraction of sp³-hybridized carbons (Fsp3) is 0.200. The highest BCUT2D eigenvalue weighted by molar-refractivity contribution is 7.99. The molecule has 106 valence electrons. The maximum atomic E-state index is 4.27. The lowest BCUT2D eigenvalue weighted by atomic mass is 9.96. The van der Waals surface area contributed by atoms with E-state index >= 15 is 0 Å². The summed E-state index contributed by atoms with van der Waals surface area (Å²) in [6.45, 7) is 8.47. The zero-order valence-electron chi connectivity index (χ0n) is 12.3. The highest BCUT2D eigenvalue weighted by Gasteiger charge is 2.12. The minimum absolute atomic E-state index is 0.967. The van der Waals surface area contributed by atoms with E-state index < -0.39 is 0 Å². The second kappa shape index (κ2) is 6.36. The third-order valence-electron chi connectivity index (χ3n) is 4.01. The molecule has 2 aromatic carbocycles. The normalized spacial score (nSPS) is 13.0. The Kier molecular flexibility index (Phi) is 4.31. The molecule has 1 heteroatoms. The van der Waals surface area contributed by atoms with E-state index in [1.165, 1.54) is 44.9 Å². The number of thioether (sulfide) groups is 1. The summed E-state index contributed by atoms with van der Waals surface area (Å²) in [5.41, 5.74) is 6.41. The second-order valence-electron chi connectivity index (χ2n) is 5.49. The first-order valence-electron chi connectivity index (χ1n) is 7.41. The van der Waals surface area contributed by atoms with Gasteiger partial charge in [0.1, 0.15) is 0 Å². The summed E-state index contributed by atoms with van der Waals surface area (Å²) < 4.78 is 0. The van der Waals surface area contributed by atoms with Crippen LogP contribution in [0.1, 0.15) is 29.5 Å². The number of benzene rings is 2. The van der Waals surface area contributed by atoms with Crippen LogP contribution >= 0.6 is 11.8 Å². The summed E-state index contributed by atoms with van der Waals surface area (Å²) in [7, 11) is 0. The highest BCUT2D eigenvalue weighted by atomic mass is 32.2. The van der Waals surface area contributed by atoms with Crippen molar-refractivity contribution in [1.82, 2.24) is 0 Å². The van der Waals surface area contributed by atoms with Crippen LogP contribution in [0.3, 0.4) is 0 Å². The lowest BCUT2D eigenvalue weighted by molar-refractivity contribution is 1.08. The number of hydrogen-bond donors (Lipinski definition) is 0. The molecule has 0 atom stereocenters. The number of rotatable bonds is 5. The zero-order chi connectivity index (χ0) is 14.7. The van der Waals surface area contributed by atoms with Crippen molar-refractivity contribution in [2.24, 2.45) is 0 Å². The number of hydrogen-bond acceptors (Lipinski definition) is 1. The number of fused-ring (bicyclic) bond motifs is 1. The van der Waals surface area contributed by atoms with Gasteiger partial charge in [0.2, 0.25) is 0 Å². The average molecular weight is 292 g/mol. The molecule has 0 bridgehead atoms. The van der Waals surface area contributed by atoms with Crippen molar-refractivity contribution in [3.05, 3.63) is 78.4 Å². The molecule has 0 fully saturated rings. The van der Waals surface area contributed by atoms with Crippen LogP contribution in [0, 0.1) is 0 Å². The molecular formula is C20H20S. The minimum Gasteiger partial charge on any atom is -0.126 e. The van der Waals surface area contributed by atoms with E-state index in [-0.39, 0.29) is 0 Å². The Morgan fingerprint density at radius 3 is 2.38 bits per heavy atom. The molecule has 0 aromatic heterocycles. The van der Waals surface area contributed by atoms with Crippen molar-refractivity contribution in [2.75, 3.05) is 5.75 Å². The maximum absolute atomic E-state index is 4.27. The van der Waals surface area contributed by atoms with E-state index in [2.05, 4.69) is 55.6 Å². The molecule has 0 nitrogen and oxygen atoms in total. The number of allylic oxidation sites excluding steroid dienone is 2. The fourth-order valence-electron chi connectivity index (χ4n) is 2.67. The molecular weight excluding hydrogens is 272 g/mol. The molecule has 1 aliphatic heterocycles. The standard InChI is InChI=1S/C20H20S/c1-15(17-6-4-3-5-7-17)8-9-16(2)18-10-11-20-19(14-18)12-13-21-20/h3-7,10-11,14H,1-2,8-9,12-13H2.